The lowest BCUT2D eigenvalue weighted by molar-refractivity contribution is 0.0635. The molecule has 11 heteroatoms. The Balaban J connectivity index is 1.57. The number of tetrazole rings is 1. The molecule has 1 atom stereocenters. The summed E-state index contributed by atoms with van der Waals surface area (Å²) in [6, 6.07) is 8.22. The lowest BCUT2D eigenvalue weighted by Crippen LogP contribution is -2.39. The smallest absolute Gasteiger partial charge is 0.412 e. The number of hydrogen-bond donors (Lipinski definition) is 1. The van der Waals surface area contributed by atoms with E-state index in [0.717, 1.165) is 43.5 Å². The predicted octanol–water partition coefficient (Wildman–Crippen LogP) is 4.76. The molecule has 2 aliphatic heterocycles. The van der Waals surface area contributed by atoms with Gasteiger partial charge in [0.05, 0.1) is 11.4 Å². The number of benzene rings is 2. The summed E-state index contributed by atoms with van der Waals surface area (Å²) < 4.78 is 18.0. The highest BCUT2D eigenvalue weighted by molar-refractivity contribution is 6.01. The van der Waals surface area contributed by atoms with Crippen LogP contribution in [0.2, 0.25) is 0 Å². The zero-order valence-corrected chi connectivity index (χ0v) is 23.0. The van der Waals surface area contributed by atoms with Crippen LogP contribution in [0.3, 0.4) is 0 Å². The molecule has 3 heterocycles. The van der Waals surface area contributed by atoms with Gasteiger partial charge in [-0.1, -0.05) is 6.42 Å². The molecule has 0 saturated carbocycles. The number of nitrogens with one attached hydrogen (secondary N) is 1. The zero-order valence-electron chi connectivity index (χ0n) is 23.0. The van der Waals surface area contributed by atoms with Crippen molar-refractivity contribution in [3.8, 4) is 17.2 Å². The second-order valence-corrected chi connectivity index (χ2v) is 11.0. The topological polar surface area (TPSA) is 121 Å². The standard InChI is InChI=1S/C28H34N6O5/c1-17-13-20(29-27(36)39-28(3,4)5)21(14-18(17)2)34-26(30-31-32-34)24(33-11-7-6-8-12-33)25(35)19-9-10-22-23(15-19)38-16-37-22/h9-10,13-15,24H,6-8,11-12,16H2,1-5H3,(H,29,36). The second-order valence-electron chi connectivity index (χ2n) is 11.0. The molecule has 0 bridgehead atoms. The lowest BCUT2D eigenvalue weighted by atomic mass is 9.98. The maximum Gasteiger partial charge on any atom is 0.412 e. The molecule has 3 aromatic rings. The molecule has 1 fully saturated rings. The van der Waals surface area contributed by atoms with Crippen molar-refractivity contribution < 1.29 is 23.8 Å². The van der Waals surface area contributed by atoms with E-state index in [1.165, 1.54) is 0 Å². The third-order valence-corrected chi connectivity index (χ3v) is 6.88. The van der Waals surface area contributed by atoms with Crippen molar-refractivity contribution in [2.75, 3.05) is 25.2 Å². The Morgan fingerprint density at radius 2 is 1.72 bits per heavy atom. The van der Waals surface area contributed by atoms with Gasteiger partial charge in [-0.15, -0.1) is 5.10 Å². The number of Topliss-reactive ketones (excluding diaryl/α,β-unsaturated/α-hetero) is 1. The Morgan fingerprint density at radius 3 is 2.46 bits per heavy atom. The van der Waals surface area contributed by atoms with Crippen molar-refractivity contribution in [1.82, 2.24) is 25.1 Å². The molecule has 1 N–H and O–H groups in total. The minimum Gasteiger partial charge on any atom is -0.454 e. The van der Waals surface area contributed by atoms with Gasteiger partial charge in [0.2, 0.25) is 6.79 Å². The fourth-order valence-corrected chi connectivity index (χ4v) is 4.86. The number of rotatable bonds is 6. The fraction of sp³-hybridized carbons (Fsp3) is 0.464. The quantitative estimate of drug-likeness (QED) is 0.446. The van der Waals surface area contributed by atoms with Crippen LogP contribution in [0.4, 0.5) is 10.5 Å². The number of aryl methyl sites for hydroxylation is 2. The van der Waals surface area contributed by atoms with E-state index < -0.39 is 17.7 Å². The van der Waals surface area contributed by atoms with Gasteiger partial charge in [-0.05, 0) is 112 Å². The van der Waals surface area contributed by atoms with Crippen molar-refractivity contribution in [3.63, 3.8) is 0 Å². The van der Waals surface area contributed by atoms with Crippen LogP contribution >= 0.6 is 0 Å². The summed E-state index contributed by atoms with van der Waals surface area (Å²) in [6.45, 7) is 10.9. The molecule has 206 valence electrons. The predicted molar refractivity (Wildman–Crippen MR) is 144 cm³/mol. The summed E-state index contributed by atoms with van der Waals surface area (Å²) in [6.07, 6.45) is 2.46. The van der Waals surface area contributed by atoms with E-state index in [-0.39, 0.29) is 12.6 Å². The highest BCUT2D eigenvalue weighted by Gasteiger charge is 2.35. The molecular formula is C28H34N6O5. The summed E-state index contributed by atoms with van der Waals surface area (Å²) in [5, 5.41) is 15.5. The molecule has 1 unspecified atom stereocenters. The molecule has 1 aromatic heterocycles. The fourth-order valence-electron chi connectivity index (χ4n) is 4.86. The van der Waals surface area contributed by atoms with Crippen LogP contribution in [-0.4, -0.2) is 62.5 Å². The van der Waals surface area contributed by atoms with Gasteiger partial charge in [-0.3, -0.25) is 15.0 Å². The Morgan fingerprint density at radius 1 is 1.00 bits per heavy atom. The van der Waals surface area contributed by atoms with Crippen molar-refractivity contribution in [3.05, 3.63) is 52.8 Å². The first kappa shape index (κ1) is 26.6. The largest absolute Gasteiger partial charge is 0.454 e. The summed E-state index contributed by atoms with van der Waals surface area (Å²) in [7, 11) is 0. The first-order valence-electron chi connectivity index (χ1n) is 13.2. The van der Waals surface area contributed by atoms with E-state index in [2.05, 4.69) is 25.7 Å². The lowest BCUT2D eigenvalue weighted by Gasteiger charge is -2.33. The summed E-state index contributed by atoms with van der Waals surface area (Å²) in [5.74, 6) is 1.38. The molecule has 0 spiro atoms. The van der Waals surface area contributed by atoms with Crippen LogP contribution in [-0.2, 0) is 4.74 Å². The minimum atomic E-state index is -0.739. The minimum absolute atomic E-state index is 0.126. The zero-order chi connectivity index (χ0) is 27.7. The number of likely N-dealkylation sites (tertiary alicyclic amines) is 1. The van der Waals surface area contributed by atoms with E-state index in [0.29, 0.717) is 34.3 Å². The molecule has 5 rings (SSSR count). The van der Waals surface area contributed by atoms with Gasteiger partial charge in [-0.25, -0.2) is 4.79 Å². The van der Waals surface area contributed by atoms with E-state index >= 15 is 0 Å². The van der Waals surface area contributed by atoms with Crippen molar-refractivity contribution in [2.24, 2.45) is 0 Å². The highest BCUT2D eigenvalue weighted by atomic mass is 16.7. The van der Waals surface area contributed by atoms with Crippen LogP contribution < -0.4 is 14.8 Å². The van der Waals surface area contributed by atoms with Crippen LogP contribution in [0.15, 0.2) is 30.3 Å². The average molecular weight is 535 g/mol. The SMILES string of the molecule is Cc1cc(NC(=O)OC(C)(C)C)c(-n2nnnc2C(C(=O)c2ccc3c(c2)OCO3)N2CCCCC2)cc1C. The van der Waals surface area contributed by atoms with Gasteiger partial charge in [0.1, 0.15) is 11.6 Å². The van der Waals surface area contributed by atoms with Crippen LogP contribution in [0.1, 0.15) is 73.4 Å². The van der Waals surface area contributed by atoms with Crippen molar-refractivity contribution in [2.45, 2.75) is 65.5 Å². The molecule has 0 aliphatic carbocycles. The number of aromatic nitrogens is 4. The van der Waals surface area contributed by atoms with Crippen LogP contribution in [0.25, 0.3) is 5.69 Å². The first-order valence-corrected chi connectivity index (χ1v) is 13.2. The molecule has 1 amide bonds. The number of fused-ring (bicyclic) bond motifs is 1. The molecule has 0 radical (unpaired) electrons. The van der Waals surface area contributed by atoms with E-state index in [1.807, 2.05) is 26.0 Å². The van der Waals surface area contributed by atoms with Gasteiger partial charge in [0.15, 0.2) is 23.1 Å². The Bertz CT molecular complexity index is 1390. The van der Waals surface area contributed by atoms with E-state index in [4.69, 9.17) is 14.2 Å². The molecular weight excluding hydrogens is 500 g/mol. The number of amides is 1. The van der Waals surface area contributed by atoms with Gasteiger partial charge in [0, 0.05) is 5.56 Å². The molecule has 11 nitrogen and oxygen atoms in total. The monoisotopic (exact) mass is 534 g/mol. The summed E-state index contributed by atoms with van der Waals surface area (Å²) in [5.41, 5.74) is 2.80. The first-order chi connectivity index (χ1) is 18.6. The third kappa shape index (κ3) is 5.73. The number of ether oxygens (including phenoxy) is 3. The number of nitrogens with zero attached hydrogens (tertiary/aromatic N) is 5. The highest BCUT2D eigenvalue weighted by Crippen LogP contribution is 2.36. The van der Waals surface area contributed by atoms with E-state index in [1.54, 1.807) is 43.7 Å². The second kappa shape index (κ2) is 10.6. The van der Waals surface area contributed by atoms with E-state index in [9.17, 15) is 9.59 Å². The van der Waals surface area contributed by atoms with Crippen LogP contribution in [0.5, 0.6) is 11.5 Å². The van der Waals surface area contributed by atoms with Gasteiger partial charge < -0.3 is 14.2 Å². The van der Waals surface area contributed by atoms with Gasteiger partial charge >= 0.3 is 6.09 Å². The maximum absolute atomic E-state index is 14.1. The average Bonchev–Trinajstić information content (AvgIpc) is 3.55. The van der Waals surface area contributed by atoms with Crippen molar-refractivity contribution in [1.29, 1.82) is 0 Å². The number of ketones is 1. The maximum atomic E-state index is 14.1. The molecule has 39 heavy (non-hydrogen) atoms. The molecule has 1 saturated heterocycles. The number of hydrogen-bond acceptors (Lipinski definition) is 9. The number of anilines is 1. The Labute approximate surface area is 227 Å². The van der Waals surface area contributed by atoms with Crippen LogP contribution in [0, 0.1) is 13.8 Å². The number of carbonyl (C=O) groups excluding carboxylic acids is 2. The normalized spacial score (nSPS) is 16.1. The third-order valence-electron chi connectivity index (χ3n) is 6.88. The summed E-state index contributed by atoms with van der Waals surface area (Å²) in [4.78, 5) is 29.0. The molecule has 2 aliphatic rings. The van der Waals surface area contributed by atoms with Crippen molar-refractivity contribution >= 4 is 17.6 Å². The van der Waals surface area contributed by atoms with Gasteiger partial charge in [0.25, 0.3) is 0 Å². The number of carbonyl (C=O) groups is 2. The number of piperidine rings is 1. The molecule has 2 aromatic carbocycles. The van der Waals surface area contributed by atoms with Gasteiger partial charge in [-0.2, -0.15) is 4.68 Å². The Hall–Kier alpha value is -3.99. The summed E-state index contributed by atoms with van der Waals surface area (Å²) >= 11 is 0. The Kier molecular flexibility index (Phi) is 7.26.